The van der Waals surface area contributed by atoms with Gasteiger partial charge in [-0.15, -0.1) is 0 Å². The minimum Gasteiger partial charge on any atom is -0.379 e. The molecule has 1 N–H and O–H groups in total. The van der Waals surface area contributed by atoms with Gasteiger partial charge in [-0.25, -0.2) is 4.68 Å². The topological polar surface area (TPSA) is 59.4 Å². The number of carbonyl (C=O) groups excluding carboxylic acids is 1. The van der Waals surface area contributed by atoms with Crippen LogP contribution in [0.25, 0.3) is 5.69 Å². The number of halogens is 1. The Labute approximate surface area is 193 Å². The van der Waals surface area contributed by atoms with Crippen LogP contribution in [0, 0.1) is 6.92 Å². The maximum Gasteiger partial charge on any atom is 0.259 e. The number of nitrogens with one attached hydrogen (secondary N) is 1. The van der Waals surface area contributed by atoms with Crippen LogP contribution in [0.2, 0.25) is 5.02 Å². The average molecular weight is 451 g/mol. The number of amides is 1. The molecule has 7 heteroatoms. The molecule has 2 fully saturated rings. The number of hydrogen-bond donors (Lipinski definition) is 1. The van der Waals surface area contributed by atoms with Crippen LogP contribution in [0.15, 0.2) is 48.7 Å². The second-order valence-electron chi connectivity index (χ2n) is 8.61. The van der Waals surface area contributed by atoms with Crippen LogP contribution in [0.3, 0.4) is 0 Å². The lowest BCUT2D eigenvalue weighted by atomic mass is 10.1. The number of nitrogens with zero attached hydrogens (tertiary/aromatic N) is 3. The molecule has 5 rings (SSSR count). The summed E-state index contributed by atoms with van der Waals surface area (Å²) >= 11 is 6.34. The van der Waals surface area contributed by atoms with Gasteiger partial charge in [0.15, 0.2) is 0 Å². The van der Waals surface area contributed by atoms with Crippen LogP contribution in [-0.2, 0) is 11.3 Å². The highest BCUT2D eigenvalue weighted by atomic mass is 35.5. The summed E-state index contributed by atoms with van der Waals surface area (Å²) in [6.07, 6.45) is 3.82. The zero-order valence-corrected chi connectivity index (χ0v) is 18.9. The fourth-order valence-corrected chi connectivity index (χ4v) is 4.34. The smallest absolute Gasteiger partial charge is 0.259 e. The first-order valence-corrected chi connectivity index (χ1v) is 11.5. The van der Waals surface area contributed by atoms with E-state index in [1.165, 1.54) is 5.56 Å². The van der Waals surface area contributed by atoms with Crippen molar-refractivity contribution in [3.63, 3.8) is 0 Å². The van der Waals surface area contributed by atoms with E-state index in [1.807, 2.05) is 48.0 Å². The molecule has 32 heavy (non-hydrogen) atoms. The van der Waals surface area contributed by atoms with Crippen LogP contribution >= 0.6 is 11.6 Å². The van der Waals surface area contributed by atoms with Gasteiger partial charge in [-0.05, 0) is 55.2 Å². The Morgan fingerprint density at radius 1 is 1.19 bits per heavy atom. The summed E-state index contributed by atoms with van der Waals surface area (Å²) in [6.45, 7) is 6.25. The highest BCUT2D eigenvalue weighted by molar-refractivity contribution is 6.31. The quantitative estimate of drug-likeness (QED) is 0.586. The maximum atomic E-state index is 13.2. The molecule has 2 aromatic carbocycles. The molecule has 0 bridgehead atoms. The fraction of sp³-hybridized carbons (Fsp3) is 0.360. The second kappa shape index (κ2) is 9.06. The summed E-state index contributed by atoms with van der Waals surface area (Å²) in [5.74, 6) is 0.228. The normalized spacial score (nSPS) is 16.8. The number of benzene rings is 2. The first-order chi connectivity index (χ1) is 15.6. The van der Waals surface area contributed by atoms with Crippen molar-refractivity contribution in [1.82, 2.24) is 14.7 Å². The maximum absolute atomic E-state index is 13.2. The molecule has 2 aliphatic rings. The van der Waals surface area contributed by atoms with Crippen molar-refractivity contribution in [2.75, 3.05) is 31.6 Å². The van der Waals surface area contributed by atoms with E-state index in [1.54, 1.807) is 6.20 Å². The van der Waals surface area contributed by atoms with Gasteiger partial charge in [-0.1, -0.05) is 29.8 Å². The van der Waals surface area contributed by atoms with E-state index < -0.39 is 0 Å². The Balaban J connectivity index is 1.36. The van der Waals surface area contributed by atoms with Crippen LogP contribution in [0.4, 0.5) is 5.69 Å². The Kier molecular flexibility index (Phi) is 6.00. The lowest BCUT2D eigenvalue weighted by Crippen LogP contribution is -2.35. The van der Waals surface area contributed by atoms with E-state index in [9.17, 15) is 4.79 Å². The molecule has 166 valence electrons. The van der Waals surface area contributed by atoms with Gasteiger partial charge >= 0.3 is 0 Å². The van der Waals surface area contributed by atoms with Gasteiger partial charge in [0.2, 0.25) is 0 Å². The highest BCUT2D eigenvalue weighted by Gasteiger charge is 2.33. The minimum absolute atomic E-state index is 0.125. The second-order valence-corrected chi connectivity index (χ2v) is 9.01. The van der Waals surface area contributed by atoms with Crippen molar-refractivity contribution in [3.8, 4) is 5.69 Å². The third kappa shape index (κ3) is 4.58. The van der Waals surface area contributed by atoms with Gasteiger partial charge < -0.3 is 10.1 Å². The third-order valence-electron chi connectivity index (χ3n) is 6.11. The number of anilines is 1. The molecule has 2 heterocycles. The van der Waals surface area contributed by atoms with Crippen molar-refractivity contribution in [2.24, 2.45) is 0 Å². The molecule has 6 nitrogen and oxygen atoms in total. The first kappa shape index (κ1) is 21.2. The Bertz CT molecular complexity index is 1130. The molecular formula is C25H27ClN4O2. The molecule has 0 atom stereocenters. The molecule has 1 aliphatic carbocycles. The van der Waals surface area contributed by atoms with E-state index in [0.717, 1.165) is 68.3 Å². The van der Waals surface area contributed by atoms with Gasteiger partial charge in [-0.3, -0.25) is 9.69 Å². The number of carbonyl (C=O) groups is 1. The van der Waals surface area contributed by atoms with Crippen molar-refractivity contribution < 1.29 is 9.53 Å². The predicted octanol–water partition coefficient (Wildman–Crippen LogP) is 4.80. The number of rotatable bonds is 6. The van der Waals surface area contributed by atoms with E-state index in [-0.39, 0.29) is 5.91 Å². The van der Waals surface area contributed by atoms with Gasteiger partial charge in [0.1, 0.15) is 0 Å². The predicted molar refractivity (Wildman–Crippen MR) is 126 cm³/mol. The number of ether oxygens (including phenoxy) is 1. The van der Waals surface area contributed by atoms with Crippen molar-refractivity contribution >= 4 is 23.2 Å². The van der Waals surface area contributed by atoms with Crippen LogP contribution < -0.4 is 5.32 Å². The zero-order chi connectivity index (χ0) is 22.1. The molecule has 0 unspecified atom stereocenters. The number of aryl methyl sites for hydroxylation is 1. The van der Waals surface area contributed by atoms with Gasteiger partial charge in [0.25, 0.3) is 5.91 Å². The zero-order valence-electron chi connectivity index (χ0n) is 18.2. The summed E-state index contributed by atoms with van der Waals surface area (Å²) in [4.78, 5) is 15.6. The van der Waals surface area contributed by atoms with Crippen molar-refractivity contribution in [3.05, 3.63) is 76.1 Å². The van der Waals surface area contributed by atoms with E-state index in [0.29, 0.717) is 16.5 Å². The Morgan fingerprint density at radius 2 is 2.00 bits per heavy atom. The van der Waals surface area contributed by atoms with Crippen molar-refractivity contribution in [1.29, 1.82) is 0 Å². The summed E-state index contributed by atoms with van der Waals surface area (Å²) in [5.41, 5.74) is 5.47. The van der Waals surface area contributed by atoms with Crippen molar-refractivity contribution in [2.45, 2.75) is 32.2 Å². The lowest BCUT2D eigenvalue weighted by molar-refractivity contribution is 0.0342. The Hall–Kier alpha value is -2.67. The number of morpholine rings is 1. The molecule has 3 aromatic rings. The summed E-state index contributed by atoms with van der Waals surface area (Å²) in [7, 11) is 0. The average Bonchev–Trinajstić information content (AvgIpc) is 3.54. The lowest BCUT2D eigenvalue weighted by Gasteiger charge is -2.26. The SMILES string of the molecule is Cc1ccc(-n2ncc(C(=O)Nc3cccc(CN4CCOCC4)c3)c2C2CC2)cc1Cl. The highest BCUT2D eigenvalue weighted by Crippen LogP contribution is 2.42. The standard InChI is InChI=1S/C25H27ClN4O2/c1-17-5-8-21(14-23(17)26)30-24(19-6-7-19)22(15-27-30)25(31)28-20-4-2-3-18(13-20)16-29-9-11-32-12-10-29/h2-5,8,13-15,19H,6-7,9-12,16H2,1H3,(H,28,31). The van der Waals surface area contributed by atoms with E-state index in [2.05, 4.69) is 21.4 Å². The number of aromatic nitrogens is 2. The molecule has 1 aromatic heterocycles. The van der Waals surface area contributed by atoms with E-state index >= 15 is 0 Å². The van der Waals surface area contributed by atoms with E-state index in [4.69, 9.17) is 16.3 Å². The van der Waals surface area contributed by atoms with Gasteiger partial charge in [0.05, 0.1) is 36.4 Å². The molecule has 1 saturated heterocycles. The summed E-state index contributed by atoms with van der Waals surface area (Å²) in [5, 5.41) is 8.33. The molecule has 0 radical (unpaired) electrons. The number of hydrogen-bond acceptors (Lipinski definition) is 4. The van der Waals surface area contributed by atoms with Crippen LogP contribution in [0.1, 0.15) is 45.9 Å². The molecule has 1 saturated carbocycles. The molecular weight excluding hydrogens is 424 g/mol. The van der Waals surface area contributed by atoms with Crippen LogP contribution in [-0.4, -0.2) is 46.9 Å². The molecule has 1 aliphatic heterocycles. The fourth-order valence-electron chi connectivity index (χ4n) is 4.17. The summed E-state index contributed by atoms with van der Waals surface area (Å²) < 4.78 is 7.30. The van der Waals surface area contributed by atoms with Gasteiger partial charge in [0, 0.05) is 36.3 Å². The molecule has 1 amide bonds. The van der Waals surface area contributed by atoms with Crippen LogP contribution in [0.5, 0.6) is 0 Å². The monoisotopic (exact) mass is 450 g/mol. The first-order valence-electron chi connectivity index (χ1n) is 11.1. The third-order valence-corrected chi connectivity index (χ3v) is 6.52. The Morgan fingerprint density at radius 3 is 2.75 bits per heavy atom. The molecule has 0 spiro atoms. The minimum atomic E-state index is -0.125. The summed E-state index contributed by atoms with van der Waals surface area (Å²) in [6, 6.07) is 14.0. The largest absolute Gasteiger partial charge is 0.379 e. The van der Waals surface area contributed by atoms with Gasteiger partial charge in [-0.2, -0.15) is 5.10 Å².